The molecule has 2 aliphatic carbocycles. The van der Waals surface area contributed by atoms with Crippen LogP contribution in [0.2, 0.25) is 0 Å². The van der Waals surface area contributed by atoms with Crippen LogP contribution in [0.15, 0.2) is 35.2 Å². The molecule has 172 valence electrons. The molecule has 2 saturated carbocycles. The molecule has 1 heterocycles. The van der Waals surface area contributed by atoms with Gasteiger partial charge in [-0.25, -0.2) is 13.1 Å². The van der Waals surface area contributed by atoms with E-state index in [1.54, 1.807) is 22.9 Å². The minimum absolute atomic E-state index is 0.0702. The molecule has 2 bridgehead atoms. The maximum absolute atomic E-state index is 12.8. The fraction of sp³-hybridized carbons (Fsp3) is 0.500. The Morgan fingerprint density at radius 2 is 1.91 bits per heavy atom. The molecule has 4 atom stereocenters. The number of carbonyl (C=O) groups is 1. The van der Waals surface area contributed by atoms with Crippen LogP contribution < -0.4 is 10.0 Å². The van der Waals surface area contributed by atoms with Crippen molar-refractivity contribution in [2.45, 2.75) is 57.4 Å². The van der Waals surface area contributed by atoms with Crippen LogP contribution in [0.3, 0.4) is 0 Å². The lowest BCUT2D eigenvalue weighted by molar-refractivity contribution is -0.111. The number of anilines is 1. The van der Waals surface area contributed by atoms with Gasteiger partial charge in [-0.15, -0.1) is 0 Å². The van der Waals surface area contributed by atoms with Crippen molar-refractivity contribution in [1.82, 2.24) is 14.5 Å². The number of carbonyl (C=O) groups excluding carboxylic acids is 1. The molecule has 2 aliphatic rings. The highest BCUT2D eigenvalue weighted by Crippen LogP contribution is 2.49. The minimum Gasteiger partial charge on any atom is -0.323 e. The van der Waals surface area contributed by atoms with Gasteiger partial charge in [0.15, 0.2) is 0 Å². The average molecular weight is 457 g/mol. The minimum atomic E-state index is -3.60. The lowest BCUT2D eigenvalue weighted by Gasteiger charge is -2.28. The second-order valence-corrected chi connectivity index (χ2v) is 11.0. The smallest absolute Gasteiger partial charge is 0.248 e. The van der Waals surface area contributed by atoms with E-state index in [4.69, 9.17) is 0 Å². The zero-order valence-electron chi connectivity index (χ0n) is 19.1. The van der Waals surface area contributed by atoms with Crippen LogP contribution in [-0.4, -0.2) is 30.1 Å². The molecule has 0 spiro atoms. The summed E-state index contributed by atoms with van der Waals surface area (Å²) in [6, 6.07) is 6.22. The van der Waals surface area contributed by atoms with Crippen LogP contribution in [0.25, 0.3) is 6.08 Å². The highest BCUT2D eigenvalue weighted by atomic mass is 32.2. The maximum atomic E-state index is 12.8. The summed E-state index contributed by atoms with van der Waals surface area (Å²) in [6.45, 7) is 5.83. The van der Waals surface area contributed by atoms with Gasteiger partial charge in [-0.2, -0.15) is 5.10 Å². The third-order valence-corrected chi connectivity index (χ3v) is 8.75. The van der Waals surface area contributed by atoms with E-state index in [-0.39, 0.29) is 16.8 Å². The van der Waals surface area contributed by atoms with Gasteiger partial charge < -0.3 is 5.32 Å². The third-order valence-electron chi connectivity index (χ3n) is 7.17. The van der Waals surface area contributed by atoms with E-state index in [0.29, 0.717) is 17.5 Å². The lowest BCUT2D eigenvalue weighted by Crippen LogP contribution is -2.40. The summed E-state index contributed by atoms with van der Waals surface area (Å²) in [4.78, 5) is 12.5. The third kappa shape index (κ3) is 4.66. The number of rotatable bonds is 7. The molecule has 1 amide bonds. The molecule has 2 aromatic rings. The van der Waals surface area contributed by atoms with Gasteiger partial charge in [-0.1, -0.05) is 6.42 Å². The molecule has 4 rings (SSSR count). The largest absolute Gasteiger partial charge is 0.323 e. The molecular formula is C24H32N4O3S. The van der Waals surface area contributed by atoms with Gasteiger partial charge in [0.25, 0.3) is 0 Å². The topological polar surface area (TPSA) is 93.1 Å². The van der Waals surface area contributed by atoms with Gasteiger partial charge in [0.2, 0.25) is 15.9 Å². The second kappa shape index (κ2) is 8.83. The number of benzene rings is 1. The number of fused-ring (bicyclic) bond motifs is 2. The van der Waals surface area contributed by atoms with E-state index >= 15 is 0 Å². The Balaban J connectivity index is 1.36. The van der Waals surface area contributed by atoms with E-state index in [9.17, 15) is 13.2 Å². The van der Waals surface area contributed by atoms with Gasteiger partial charge in [-0.05, 0) is 88.1 Å². The molecule has 8 heteroatoms. The van der Waals surface area contributed by atoms with E-state index < -0.39 is 10.0 Å². The molecule has 0 radical (unpaired) electrons. The molecular weight excluding hydrogens is 424 g/mol. The van der Waals surface area contributed by atoms with Crippen LogP contribution in [0.5, 0.6) is 0 Å². The van der Waals surface area contributed by atoms with Gasteiger partial charge in [0, 0.05) is 36.1 Å². The predicted octanol–water partition coefficient (Wildman–Crippen LogP) is 3.79. The summed E-state index contributed by atoms with van der Waals surface area (Å²) in [5.74, 6) is 1.58. The van der Waals surface area contributed by atoms with Crippen molar-refractivity contribution in [3.63, 3.8) is 0 Å². The van der Waals surface area contributed by atoms with Crippen molar-refractivity contribution in [2.75, 3.05) is 5.32 Å². The SMILES string of the molecule is Cc1nn(C)c(C)c1C=CC(=O)Nc1ccc(S(=O)(=O)NC(C)C2CC3CCC2C3)cc1. The van der Waals surface area contributed by atoms with Gasteiger partial charge in [0.1, 0.15) is 0 Å². The van der Waals surface area contributed by atoms with Crippen molar-refractivity contribution >= 4 is 27.7 Å². The van der Waals surface area contributed by atoms with Crippen LogP contribution >= 0.6 is 0 Å². The van der Waals surface area contributed by atoms with Crippen molar-refractivity contribution in [1.29, 1.82) is 0 Å². The quantitative estimate of drug-likeness (QED) is 0.620. The maximum Gasteiger partial charge on any atom is 0.248 e. The first-order chi connectivity index (χ1) is 15.1. The Hall–Kier alpha value is -2.45. The van der Waals surface area contributed by atoms with Gasteiger partial charge >= 0.3 is 0 Å². The normalized spacial score (nSPS) is 23.7. The van der Waals surface area contributed by atoms with Crippen LogP contribution in [0, 0.1) is 31.6 Å². The summed E-state index contributed by atoms with van der Waals surface area (Å²) >= 11 is 0. The van der Waals surface area contributed by atoms with Crippen molar-refractivity contribution in [2.24, 2.45) is 24.8 Å². The first-order valence-corrected chi connectivity index (χ1v) is 12.7. The van der Waals surface area contributed by atoms with Crippen molar-refractivity contribution < 1.29 is 13.2 Å². The van der Waals surface area contributed by atoms with Crippen LogP contribution in [-0.2, 0) is 21.9 Å². The molecule has 1 aromatic heterocycles. The molecule has 32 heavy (non-hydrogen) atoms. The second-order valence-electron chi connectivity index (χ2n) is 9.30. The fourth-order valence-electron chi connectivity index (χ4n) is 5.40. The molecule has 0 aliphatic heterocycles. The number of sulfonamides is 1. The summed E-state index contributed by atoms with van der Waals surface area (Å²) in [7, 11) is -1.73. The zero-order chi connectivity index (χ0) is 23.0. The summed E-state index contributed by atoms with van der Waals surface area (Å²) in [6.07, 6.45) is 8.10. The predicted molar refractivity (Wildman–Crippen MR) is 126 cm³/mol. The van der Waals surface area contributed by atoms with E-state index in [0.717, 1.165) is 29.3 Å². The number of hydrogen-bond acceptors (Lipinski definition) is 4. The summed E-state index contributed by atoms with van der Waals surface area (Å²) < 4.78 is 30.3. The number of amides is 1. The van der Waals surface area contributed by atoms with Crippen molar-refractivity contribution in [3.8, 4) is 0 Å². The monoisotopic (exact) mass is 456 g/mol. The molecule has 2 N–H and O–H groups in total. The zero-order valence-corrected chi connectivity index (χ0v) is 19.9. The number of hydrogen-bond donors (Lipinski definition) is 2. The number of nitrogens with zero attached hydrogens (tertiary/aromatic N) is 2. The number of aryl methyl sites for hydroxylation is 2. The van der Waals surface area contributed by atoms with Gasteiger partial charge in [0.05, 0.1) is 10.6 Å². The Morgan fingerprint density at radius 3 is 2.47 bits per heavy atom. The molecule has 4 unspecified atom stereocenters. The standard InChI is InChI=1S/C24H32N4O3S/c1-15-22(17(3)28(4)26-15)11-12-24(29)25-20-7-9-21(10-8-20)32(30,31)27-16(2)23-14-18-5-6-19(23)13-18/h7-12,16,18-19,23,27H,5-6,13-14H2,1-4H3,(H,25,29). The van der Waals surface area contributed by atoms with Crippen LogP contribution in [0.4, 0.5) is 5.69 Å². The van der Waals surface area contributed by atoms with E-state index in [1.165, 1.54) is 37.5 Å². The van der Waals surface area contributed by atoms with Gasteiger partial charge in [-0.3, -0.25) is 9.48 Å². The highest BCUT2D eigenvalue weighted by molar-refractivity contribution is 7.89. The van der Waals surface area contributed by atoms with Crippen LogP contribution in [0.1, 0.15) is 49.6 Å². The Labute approximate surface area is 190 Å². The van der Waals surface area contributed by atoms with Crippen molar-refractivity contribution in [3.05, 3.63) is 47.3 Å². The fourth-order valence-corrected chi connectivity index (χ4v) is 6.69. The molecule has 0 saturated heterocycles. The average Bonchev–Trinajstić information content (AvgIpc) is 3.43. The first kappa shape index (κ1) is 22.7. The highest BCUT2D eigenvalue weighted by Gasteiger charge is 2.42. The Kier molecular flexibility index (Phi) is 6.27. The molecule has 7 nitrogen and oxygen atoms in total. The molecule has 1 aromatic carbocycles. The summed E-state index contributed by atoms with van der Waals surface area (Å²) in [5.41, 5.74) is 3.29. The first-order valence-electron chi connectivity index (χ1n) is 11.3. The number of aromatic nitrogens is 2. The lowest BCUT2D eigenvalue weighted by atomic mass is 9.84. The summed E-state index contributed by atoms with van der Waals surface area (Å²) in [5, 5.41) is 7.10. The van der Waals surface area contributed by atoms with E-state index in [2.05, 4.69) is 15.1 Å². The Morgan fingerprint density at radius 1 is 1.19 bits per heavy atom. The molecule has 2 fully saturated rings. The Bertz CT molecular complexity index is 1130. The number of nitrogens with one attached hydrogen (secondary N) is 2. The van der Waals surface area contributed by atoms with E-state index in [1.807, 2.05) is 27.8 Å².